The number of benzene rings is 1. The van der Waals surface area contributed by atoms with E-state index in [-0.39, 0.29) is 11.3 Å². The zero-order valence-electron chi connectivity index (χ0n) is 9.76. The lowest BCUT2D eigenvalue weighted by atomic mass is 10.1. The highest BCUT2D eigenvalue weighted by atomic mass is 19.3. The Morgan fingerprint density at radius 2 is 1.88 bits per heavy atom. The van der Waals surface area contributed by atoms with Gasteiger partial charge in [-0.15, -0.1) is 0 Å². The molecular weight excluding hydrogens is 212 g/mol. The van der Waals surface area contributed by atoms with Crippen LogP contribution in [0.2, 0.25) is 0 Å². The van der Waals surface area contributed by atoms with Crippen LogP contribution in [0.1, 0.15) is 26.3 Å². The van der Waals surface area contributed by atoms with Crippen molar-refractivity contribution in [3.63, 3.8) is 0 Å². The van der Waals surface area contributed by atoms with Crippen molar-refractivity contribution < 1.29 is 13.5 Å². The Hall–Kier alpha value is -1.16. The molecule has 0 spiro atoms. The maximum atomic E-state index is 12.1. The average molecular weight is 229 g/mol. The normalized spacial score (nSPS) is 11.9. The second-order valence-corrected chi connectivity index (χ2v) is 4.59. The highest BCUT2D eigenvalue weighted by molar-refractivity contribution is 5.33. The number of halogens is 2. The molecule has 0 saturated carbocycles. The molecule has 0 aliphatic heterocycles. The molecule has 0 amide bonds. The zero-order valence-corrected chi connectivity index (χ0v) is 9.76. The Morgan fingerprint density at radius 1 is 1.25 bits per heavy atom. The van der Waals surface area contributed by atoms with Gasteiger partial charge in [-0.05, 0) is 26.8 Å². The van der Waals surface area contributed by atoms with Crippen molar-refractivity contribution in [3.05, 3.63) is 29.8 Å². The summed E-state index contributed by atoms with van der Waals surface area (Å²) in [4.78, 5) is 0. The predicted molar refractivity (Wildman–Crippen MR) is 59.7 cm³/mol. The summed E-state index contributed by atoms with van der Waals surface area (Å²) >= 11 is 0. The monoisotopic (exact) mass is 229 g/mol. The number of ether oxygens (including phenoxy) is 1. The minimum atomic E-state index is -2.78. The molecule has 0 aliphatic carbocycles. The summed E-state index contributed by atoms with van der Waals surface area (Å²) in [7, 11) is 0. The molecule has 4 heteroatoms. The van der Waals surface area contributed by atoms with E-state index in [1.165, 1.54) is 0 Å². The van der Waals surface area contributed by atoms with Crippen LogP contribution < -0.4 is 10.1 Å². The predicted octanol–water partition coefficient (Wildman–Crippen LogP) is 3.18. The van der Waals surface area contributed by atoms with E-state index < -0.39 is 6.61 Å². The van der Waals surface area contributed by atoms with Crippen molar-refractivity contribution in [2.24, 2.45) is 0 Å². The van der Waals surface area contributed by atoms with Gasteiger partial charge in [-0.1, -0.05) is 18.2 Å². The van der Waals surface area contributed by atoms with Crippen LogP contribution in [0.4, 0.5) is 8.78 Å². The Labute approximate surface area is 94.6 Å². The van der Waals surface area contributed by atoms with Crippen LogP contribution >= 0.6 is 0 Å². The summed E-state index contributed by atoms with van der Waals surface area (Å²) in [5, 5.41) is 3.23. The van der Waals surface area contributed by atoms with Crippen molar-refractivity contribution in [2.45, 2.75) is 39.5 Å². The van der Waals surface area contributed by atoms with Crippen LogP contribution in [-0.4, -0.2) is 12.2 Å². The van der Waals surface area contributed by atoms with Crippen molar-refractivity contribution >= 4 is 0 Å². The molecule has 0 aromatic heterocycles. The fourth-order valence-electron chi connectivity index (χ4n) is 1.22. The zero-order chi connectivity index (χ0) is 12.2. The van der Waals surface area contributed by atoms with Gasteiger partial charge in [0, 0.05) is 17.6 Å². The molecule has 2 nitrogen and oxygen atoms in total. The van der Waals surface area contributed by atoms with Crippen LogP contribution in [0.15, 0.2) is 24.3 Å². The fraction of sp³-hybridized carbons (Fsp3) is 0.500. The van der Waals surface area contributed by atoms with Crippen LogP contribution in [0.5, 0.6) is 5.75 Å². The maximum Gasteiger partial charge on any atom is 0.387 e. The summed E-state index contributed by atoms with van der Waals surface area (Å²) in [5.74, 6) is 0.231. The van der Waals surface area contributed by atoms with E-state index in [0.29, 0.717) is 6.54 Å². The third-order valence-corrected chi connectivity index (χ3v) is 2.00. The molecule has 0 aliphatic rings. The molecule has 1 N–H and O–H groups in total. The number of nitrogens with one attached hydrogen (secondary N) is 1. The van der Waals surface area contributed by atoms with E-state index in [0.717, 1.165) is 5.56 Å². The van der Waals surface area contributed by atoms with E-state index in [1.807, 2.05) is 20.8 Å². The first kappa shape index (κ1) is 12.9. The van der Waals surface area contributed by atoms with Gasteiger partial charge >= 0.3 is 6.61 Å². The third-order valence-electron chi connectivity index (χ3n) is 2.00. The molecule has 0 atom stereocenters. The Bertz CT molecular complexity index is 334. The van der Waals surface area contributed by atoms with Crippen LogP contribution in [0.25, 0.3) is 0 Å². The van der Waals surface area contributed by atoms with E-state index in [4.69, 9.17) is 0 Å². The van der Waals surface area contributed by atoms with E-state index in [2.05, 4.69) is 10.1 Å². The first-order valence-corrected chi connectivity index (χ1v) is 5.16. The Morgan fingerprint density at radius 3 is 2.44 bits per heavy atom. The molecule has 90 valence electrons. The van der Waals surface area contributed by atoms with Crippen LogP contribution in [0.3, 0.4) is 0 Å². The van der Waals surface area contributed by atoms with Crippen molar-refractivity contribution in [3.8, 4) is 5.75 Å². The summed E-state index contributed by atoms with van der Waals surface area (Å²) in [6.07, 6.45) is 0. The lowest BCUT2D eigenvalue weighted by molar-refractivity contribution is -0.0505. The highest BCUT2D eigenvalue weighted by Crippen LogP contribution is 2.20. The third kappa shape index (κ3) is 4.57. The first-order chi connectivity index (χ1) is 7.38. The van der Waals surface area contributed by atoms with Crippen LogP contribution in [-0.2, 0) is 6.54 Å². The number of hydrogen-bond acceptors (Lipinski definition) is 2. The number of alkyl halides is 2. The SMILES string of the molecule is CC(C)(C)NCc1ccccc1OC(F)F. The van der Waals surface area contributed by atoms with Gasteiger partial charge in [0.05, 0.1) is 0 Å². The number of hydrogen-bond donors (Lipinski definition) is 1. The van der Waals surface area contributed by atoms with E-state index in [1.54, 1.807) is 24.3 Å². The molecule has 0 bridgehead atoms. The maximum absolute atomic E-state index is 12.1. The molecule has 0 heterocycles. The standard InChI is InChI=1S/C12H17F2NO/c1-12(2,3)15-8-9-6-4-5-7-10(9)16-11(13)14/h4-7,11,15H,8H2,1-3H3. The van der Waals surface area contributed by atoms with E-state index in [9.17, 15) is 8.78 Å². The van der Waals surface area contributed by atoms with Gasteiger partial charge in [0.1, 0.15) is 5.75 Å². The van der Waals surface area contributed by atoms with Crippen LogP contribution in [0, 0.1) is 0 Å². The summed E-state index contributed by atoms with van der Waals surface area (Å²) in [6.45, 7) is 3.78. The lowest BCUT2D eigenvalue weighted by Crippen LogP contribution is -2.35. The quantitative estimate of drug-likeness (QED) is 0.856. The van der Waals surface area contributed by atoms with Gasteiger partial charge in [0.25, 0.3) is 0 Å². The molecule has 1 aromatic carbocycles. The summed E-state index contributed by atoms with van der Waals surface area (Å²) in [5.41, 5.74) is 0.676. The van der Waals surface area contributed by atoms with Gasteiger partial charge in [0.2, 0.25) is 0 Å². The fourth-order valence-corrected chi connectivity index (χ4v) is 1.22. The molecule has 16 heavy (non-hydrogen) atoms. The molecule has 1 rings (SSSR count). The Balaban J connectivity index is 2.71. The molecule has 0 fully saturated rings. The van der Waals surface area contributed by atoms with Gasteiger partial charge < -0.3 is 10.1 Å². The summed E-state index contributed by atoms with van der Waals surface area (Å²) < 4.78 is 28.7. The van der Waals surface area contributed by atoms with Crippen molar-refractivity contribution in [1.82, 2.24) is 5.32 Å². The van der Waals surface area contributed by atoms with Gasteiger partial charge in [-0.25, -0.2) is 0 Å². The van der Waals surface area contributed by atoms with Gasteiger partial charge in [-0.3, -0.25) is 0 Å². The molecule has 0 saturated heterocycles. The van der Waals surface area contributed by atoms with Crippen molar-refractivity contribution in [2.75, 3.05) is 0 Å². The number of rotatable bonds is 4. The van der Waals surface area contributed by atoms with E-state index >= 15 is 0 Å². The smallest absolute Gasteiger partial charge is 0.387 e. The van der Waals surface area contributed by atoms with Crippen molar-refractivity contribution in [1.29, 1.82) is 0 Å². The number of para-hydroxylation sites is 1. The molecule has 0 unspecified atom stereocenters. The molecular formula is C12H17F2NO. The highest BCUT2D eigenvalue weighted by Gasteiger charge is 2.12. The lowest BCUT2D eigenvalue weighted by Gasteiger charge is -2.21. The second kappa shape index (κ2) is 5.25. The average Bonchev–Trinajstić information content (AvgIpc) is 2.14. The van der Waals surface area contributed by atoms with Gasteiger partial charge in [0.15, 0.2) is 0 Å². The Kier molecular flexibility index (Phi) is 4.24. The minimum absolute atomic E-state index is 0.0576. The summed E-state index contributed by atoms with van der Waals surface area (Å²) in [6, 6.07) is 6.80. The molecule has 0 radical (unpaired) electrons. The molecule has 1 aromatic rings. The first-order valence-electron chi connectivity index (χ1n) is 5.16. The minimum Gasteiger partial charge on any atom is -0.434 e. The second-order valence-electron chi connectivity index (χ2n) is 4.59. The largest absolute Gasteiger partial charge is 0.434 e. The van der Waals surface area contributed by atoms with Gasteiger partial charge in [-0.2, -0.15) is 8.78 Å². The topological polar surface area (TPSA) is 21.3 Å².